The third kappa shape index (κ3) is 5.19. The van der Waals surface area contributed by atoms with Crippen LogP contribution in [0.5, 0.6) is 0 Å². The van der Waals surface area contributed by atoms with E-state index in [1.54, 1.807) is 6.08 Å². The maximum Gasteiger partial charge on any atom is 0.264 e. The van der Waals surface area contributed by atoms with Gasteiger partial charge in [-0.05, 0) is 50.2 Å². The van der Waals surface area contributed by atoms with Crippen molar-refractivity contribution in [2.75, 3.05) is 19.4 Å². The molecule has 0 N–H and O–H groups in total. The third-order valence-corrected chi connectivity index (χ3v) is 6.29. The second-order valence-corrected chi connectivity index (χ2v) is 9.60. The maximum atomic E-state index is 12.2. The van der Waals surface area contributed by atoms with Crippen molar-refractivity contribution in [1.82, 2.24) is 4.90 Å². The molecule has 3 fully saturated rings. The molecule has 3 atom stereocenters. The third-order valence-electron chi connectivity index (χ3n) is 5.75. The Kier molecular flexibility index (Phi) is 6.53. The quantitative estimate of drug-likeness (QED) is 0.397. The van der Waals surface area contributed by atoms with Gasteiger partial charge in [-0.2, -0.15) is 8.42 Å². The minimum Gasteiger partial charge on any atom is -0.292 e. The maximum absolute atomic E-state index is 12.2. The second kappa shape index (κ2) is 8.72. The number of benzene rings is 1. The Hall–Kier alpha value is -1.76. The van der Waals surface area contributed by atoms with Crippen molar-refractivity contribution in [3.8, 4) is 0 Å². The van der Waals surface area contributed by atoms with Crippen LogP contribution in [-0.2, 0) is 25.6 Å². The van der Waals surface area contributed by atoms with Crippen LogP contribution in [0.25, 0.3) is 0 Å². The Morgan fingerprint density at radius 3 is 2.64 bits per heavy atom. The summed E-state index contributed by atoms with van der Waals surface area (Å²) in [7, 11) is -3.61. The van der Waals surface area contributed by atoms with E-state index in [9.17, 15) is 13.2 Å². The number of carbonyl (C=O) groups is 1. The Labute approximate surface area is 168 Å². The van der Waals surface area contributed by atoms with Gasteiger partial charge in [0.1, 0.15) is 6.61 Å². The van der Waals surface area contributed by atoms with Gasteiger partial charge >= 0.3 is 0 Å². The molecule has 0 aromatic heterocycles. The summed E-state index contributed by atoms with van der Waals surface area (Å²) in [6.07, 6.45) is 6.95. The lowest BCUT2D eigenvalue weighted by atomic mass is 9.67. The monoisotopic (exact) mass is 403 g/mol. The lowest BCUT2D eigenvalue weighted by Crippen LogP contribution is -2.54. The minimum atomic E-state index is -3.61. The molecule has 2 saturated heterocycles. The number of fused-ring (bicyclic) bond motifs is 3. The van der Waals surface area contributed by atoms with Crippen molar-refractivity contribution in [2.24, 2.45) is 11.8 Å². The molecule has 1 aromatic carbocycles. The van der Waals surface area contributed by atoms with Crippen LogP contribution in [0.3, 0.4) is 0 Å². The number of ketones is 1. The Morgan fingerprint density at radius 1 is 1.29 bits per heavy atom. The summed E-state index contributed by atoms with van der Waals surface area (Å²) in [5.41, 5.74) is 3.74. The fourth-order valence-corrected chi connectivity index (χ4v) is 4.96. The predicted molar refractivity (Wildman–Crippen MR) is 110 cm³/mol. The molecule has 5 nitrogen and oxygen atoms in total. The highest BCUT2D eigenvalue weighted by atomic mass is 32.2. The highest BCUT2D eigenvalue weighted by Gasteiger charge is 2.43. The zero-order chi connectivity index (χ0) is 20.3. The molecule has 3 unspecified atom stereocenters. The van der Waals surface area contributed by atoms with E-state index in [-0.39, 0.29) is 17.7 Å². The fraction of sp³-hybridized carbons (Fsp3) is 0.500. The molecule has 1 saturated carbocycles. The Morgan fingerprint density at radius 2 is 2.00 bits per heavy atom. The molecular weight excluding hydrogens is 374 g/mol. The summed E-state index contributed by atoms with van der Waals surface area (Å²) in [4.78, 5) is 14.7. The average molecular weight is 404 g/mol. The van der Waals surface area contributed by atoms with Gasteiger partial charge in [0.25, 0.3) is 10.1 Å². The van der Waals surface area contributed by atoms with E-state index in [1.165, 1.54) is 11.1 Å². The van der Waals surface area contributed by atoms with Gasteiger partial charge in [0.05, 0.1) is 6.26 Å². The number of allylic oxidation sites excluding steroid dienone is 1. The summed E-state index contributed by atoms with van der Waals surface area (Å²) in [5, 5.41) is 0. The molecule has 0 radical (unpaired) electrons. The number of rotatable bonds is 7. The van der Waals surface area contributed by atoms with Crippen LogP contribution in [0, 0.1) is 11.8 Å². The second-order valence-electron chi connectivity index (χ2n) is 7.96. The van der Waals surface area contributed by atoms with E-state index >= 15 is 0 Å². The molecule has 28 heavy (non-hydrogen) atoms. The number of nitrogens with zero attached hydrogens (tertiary/aromatic N) is 1. The smallest absolute Gasteiger partial charge is 0.264 e. The highest BCUT2D eigenvalue weighted by Crippen LogP contribution is 2.45. The van der Waals surface area contributed by atoms with Crippen LogP contribution in [-0.4, -0.2) is 44.6 Å². The summed E-state index contributed by atoms with van der Waals surface area (Å²) in [6, 6.07) is 10.8. The molecule has 152 valence electrons. The van der Waals surface area contributed by atoms with E-state index in [0.29, 0.717) is 5.92 Å². The SMILES string of the molecule is C/C=C1\CC2CC(/C(C)=C\C(=O)COS(C)(=O)=O)C1N(Cc1ccccc1)C2. The van der Waals surface area contributed by atoms with Gasteiger partial charge < -0.3 is 0 Å². The van der Waals surface area contributed by atoms with Crippen molar-refractivity contribution < 1.29 is 17.4 Å². The fourth-order valence-electron chi connectivity index (χ4n) is 4.63. The van der Waals surface area contributed by atoms with Gasteiger partial charge in [0.2, 0.25) is 0 Å². The van der Waals surface area contributed by atoms with Crippen LogP contribution < -0.4 is 0 Å². The van der Waals surface area contributed by atoms with Crippen molar-refractivity contribution >= 4 is 15.9 Å². The number of carbonyl (C=O) groups excluding carboxylic acids is 1. The zero-order valence-corrected chi connectivity index (χ0v) is 17.6. The van der Waals surface area contributed by atoms with Gasteiger partial charge in [0.15, 0.2) is 5.78 Å². The molecule has 4 rings (SSSR count). The molecule has 1 aromatic rings. The highest BCUT2D eigenvalue weighted by molar-refractivity contribution is 7.86. The molecule has 6 heteroatoms. The summed E-state index contributed by atoms with van der Waals surface area (Å²) in [5.74, 6) is 0.543. The minimum absolute atomic E-state index is 0.268. The van der Waals surface area contributed by atoms with Crippen LogP contribution in [0.15, 0.2) is 53.6 Å². The molecular formula is C22H29NO4S. The van der Waals surface area contributed by atoms with Gasteiger partial charge in [-0.3, -0.25) is 13.9 Å². The molecule has 2 heterocycles. The molecule has 3 aliphatic rings. The molecule has 0 amide bonds. The first-order chi connectivity index (χ1) is 13.3. The van der Waals surface area contributed by atoms with Crippen molar-refractivity contribution in [3.63, 3.8) is 0 Å². The predicted octanol–water partition coefficient (Wildman–Crippen LogP) is 3.33. The van der Waals surface area contributed by atoms with Crippen molar-refractivity contribution in [2.45, 2.75) is 39.3 Å². The van der Waals surface area contributed by atoms with Crippen molar-refractivity contribution in [3.05, 3.63) is 59.2 Å². The zero-order valence-electron chi connectivity index (χ0n) is 16.8. The van der Waals surface area contributed by atoms with Gasteiger partial charge in [0, 0.05) is 19.1 Å². The van der Waals surface area contributed by atoms with Gasteiger partial charge in [-0.25, -0.2) is 0 Å². The first kappa shape index (κ1) is 21.0. The topological polar surface area (TPSA) is 63.7 Å². The first-order valence-electron chi connectivity index (χ1n) is 9.75. The number of hydrogen-bond donors (Lipinski definition) is 0. The largest absolute Gasteiger partial charge is 0.292 e. The van der Waals surface area contributed by atoms with Gasteiger partial charge in [-0.1, -0.05) is 47.6 Å². The van der Waals surface area contributed by atoms with Crippen LogP contribution in [0.2, 0.25) is 0 Å². The summed E-state index contributed by atoms with van der Waals surface area (Å²) >= 11 is 0. The molecule has 0 spiro atoms. The molecule has 2 aliphatic heterocycles. The van der Waals surface area contributed by atoms with Crippen molar-refractivity contribution in [1.29, 1.82) is 0 Å². The van der Waals surface area contributed by atoms with E-state index < -0.39 is 16.7 Å². The average Bonchev–Trinajstić information content (AvgIpc) is 2.66. The van der Waals surface area contributed by atoms with Crippen LogP contribution in [0.4, 0.5) is 0 Å². The number of hydrogen-bond acceptors (Lipinski definition) is 5. The lowest BCUT2D eigenvalue weighted by molar-refractivity contribution is -0.116. The molecule has 2 bridgehead atoms. The first-order valence-corrected chi connectivity index (χ1v) is 11.6. The lowest BCUT2D eigenvalue weighted by Gasteiger charge is -2.52. The normalized spacial score (nSPS) is 27.3. The summed E-state index contributed by atoms with van der Waals surface area (Å²) in [6.45, 7) is 5.62. The molecule has 1 aliphatic carbocycles. The standard InChI is InChI=1S/C22H29NO4S/c1-4-19-11-18-12-21(16(2)10-20(24)15-27-28(3,25)26)22(19)23(14-18)13-17-8-6-5-7-9-17/h4-10,18,21-22H,11-15H2,1-3H3/b16-10-,19-4+. The Balaban J connectivity index is 1.78. The van der Waals surface area contributed by atoms with Gasteiger partial charge in [-0.15, -0.1) is 0 Å². The summed E-state index contributed by atoms with van der Waals surface area (Å²) < 4.78 is 26.9. The van der Waals surface area contributed by atoms with E-state index in [1.807, 2.05) is 13.0 Å². The van der Waals surface area contributed by atoms with Crippen LogP contribution >= 0.6 is 0 Å². The van der Waals surface area contributed by atoms with E-state index in [2.05, 4.69) is 46.3 Å². The number of piperidine rings is 2. The van der Waals surface area contributed by atoms with E-state index in [0.717, 1.165) is 37.8 Å². The van der Waals surface area contributed by atoms with Crippen LogP contribution in [0.1, 0.15) is 32.3 Å². The van der Waals surface area contributed by atoms with E-state index in [4.69, 9.17) is 0 Å². The Bertz CT molecular complexity index is 873.